The van der Waals surface area contributed by atoms with Gasteiger partial charge in [0.2, 0.25) is 0 Å². The number of nitrogens with zero attached hydrogens (tertiary/aromatic N) is 5. The maximum atomic E-state index is 15.4. The van der Waals surface area contributed by atoms with E-state index in [4.69, 9.17) is 9.72 Å². The Bertz CT molecular complexity index is 1470. The number of nitriles is 1. The molecule has 0 atom stereocenters. The minimum Gasteiger partial charge on any atom is -0.494 e. The van der Waals surface area contributed by atoms with Crippen LogP contribution < -0.4 is 14.5 Å². The Morgan fingerprint density at radius 3 is 2.26 bits per heavy atom. The molecule has 42 heavy (non-hydrogen) atoms. The average molecular weight is 574 g/mol. The Balaban J connectivity index is 0.000000972. The zero-order valence-electron chi connectivity index (χ0n) is 25.6. The van der Waals surface area contributed by atoms with E-state index in [1.165, 1.54) is 13.2 Å². The molecule has 0 bridgehead atoms. The number of halogens is 2. The Morgan fingerprint density at radius 1 is 1.02 bits per heavy atom. The zero-order valence-corrected chi connectivity index (χ0v) is 25.6. The summed E-state index contributed by atoms with van der Waals surface area (Å²) < 4.78 is 36.0. The average Bonchev–Trinajstić information content (AvgIpc) is 2.98. The summed E-state index contributed by atoms with van der Waals surface area (Å²) in [5.41, 5.74) is 3.89. The molecule has 3 aromatic rings. The van der Waals surface area contributed by atoms with Crippen LogP contribution in [0.1, 0.15) is 83.0 Å². The molecule has 0 amide bonds. The van der Waals surface area contributed by atoms with Crippen molar-refractivity contribution < 1.29 is 13.5 Å². The van der Waals surface area contributed by atoms with E-state index in [1.807, 2.05) is 45.9 Å². The fraction of sp³-hybridized carbons (Fsp3) is 0.441. The molecule has 2 aliphatic carbocycles. The Morgan fingerprint density at radius 2 is 1.74 bits per heavy atom. The third kappa shape index (κ3) is 5.21. The molecular weight excluding hydrogens is 532 g/mol. The highest BCUT2D eigenvalue weighted by Crippen LogP contribution is 2.45. The van der Waals surface area contributed by atoms with E-state index in [0.29, 0.717) is 11.4 Å². The van der Waals surface area contributed by atoms with Crippen molar-refractivity contribution in [2.45, 2.75) is 91.1 Å². The van der Waals surface area contributed by atoms with E-state index in [1.54, 1.807) is 24.2 Å². The number of anilines is 2. The van der Waals surface area contributed by atoms with E-state index in [-0.39, 0.29) is 24.0 Å². The smallest absolute Gasteiger partial charge is 0.191 e. The monoisotopic (exact) mass is 573 g/mol. The molecule has 2 aromatic heterocycles. The number of aromatic nitrogens is 2. The van der Waals surface area contributed by atoms with Crippen LogP contribution in [-0.4, -0.2) is 23.1 Å². The van der Waals surface area contributed by atoms with Gasteiger partial charge < -0.3 is 14.5 Å². The predicted octanol–water partition coefficient (Wildman–Crippen LogP) is 8.59. The Kier molecular flexibility index (Phi) is 9.50. The highest BCUT2D eigenvalue weighted by Gasteiger charge is 2.40. The lowest BCUT2D eigenvalue weighted by Crippen LogP contribution is -2.48. The van der Waals surface area contributed by atoms with Gasteiger partial charge in [-0.25, -0.2) is 8.78 Å². The first kappa shape index (κ1) is 31.0. The molecule has 0 saturated heterocycles. The van der Waals surface area contributed by atoms with Crippen LogP contribution >= 0.6 is 0 Å². The molecule has 8 heteroatoms. The van der Waals surface area contributed by atoms with Crippen molar-refractivity contribution in [2.75, 3.05) is 16.9 Å². The molecule has 2 fully saturated rings. The van der Waals surface area contributed by atoms with Crippen molar-refractivity contribution in [1.82, 2.24) is 9.97 Å². The molecule has 6 nitrogen and oxygen atoms in total. The highest BCUT2D eigenvalue weighted by atomic mass is 19.1. The summed E-state index contributed by atoms with van der Waals surface area (Å²) in [5, 5.41) is 9.65. The van der Waals surface area contributed by atoms with Gasteiger partial charge in [0.25, 0.3) is 0 Å². The van der Waals surface area contributed by atoms with Crippen molar-refractivity contribution in [3.63, 3.8) is 0 Å². The fourth-order valence-electron chi connectivity index (χ4n) is 5.66. The standard InChI is InChI=1S/C30H29F2N5O.2C2H6/c1-18-12-25(38-3)28(32)29(27(18)31)36-16-21-15-34-23(13-24(21)37(19(36)2)22-6-4-7-22)20-8-9-26(35-14-20)30(17-33)10-5-11-30;2*1-2/h8-9,12-15,22H,2,4-7,10-11,16H2,1,3H3;2*1-2H3. The molecule has 222 valence electrons. The minimum absolute atomic E-state index is 0.00260. The number of hydrogen-bond donors (Lipinski definition) is 0. The van der Waals surface area contributed by atoms with Gasteiger partial charge in [0.15, 0.2) is 17.4 Å². The maximum absolute atomic E-state index is 15.4. The van der Waals surface area contributed by atoms with Gasteiger partial charge in [0.1, 0.15) is 11.5 Å². The van der Waals surface area contributed by atoms with Gasteiger partial charge in [0, 0.05) is 29.6 Å². The van der Waals surface area contributed by atoms with Gasteiger partial charge in [-0.3, -0.25) is 9.97 Å². The highest BCUT2D eigenvalue weighted by molar-refractivity contribution is 5.74. The molecule has 1 aliphatic heterocycles. The van der Waals surface area contributed by atoms with Crippen LogP contribution in [0.25, 0.3) is 11.3 Å². The molecule has 0 spiro atoms. The number of rotatable bonds is 5. The summed E-state index contributed by atoms with van der Waals surface area (Å²) in [6.07, 6.45) is 9.32. The summed E-state index contributed by atoms with van der Waals surface area (Å²) >= 11 is 0. The SMILES string of the molecule is C=C1N(c2c(F)c(C)cc(OC)c2F)Cc2cnc(-c3ccc(C4(C#N)CCC4)nc3)cc2N1C1CCC1.CC.CC. The quantitative estimate of drug-likeness (QED) is 0.305. The normalized spacial score (nSPS) is 16.9. The summed E-state index contributed by atoms with van der Waals surface area (Å²) in [4.78, 5) is 13.0. The summed E-state index contributed by atoms with van der Waals surface area (Å²) in [7, 11) is 1.37. The number of fused-ring (bicyclic) bond motifs is 1. The summed E-state index contributed by atoms with van der Waals surface area (Å²) in [6, 6.07) is 9.91. The van der Waals surface area contributed by atoms with Crippen molar-refractivity contribution in [1.29, 1.82) is 5.26 Å². The van der Waals surface area contributed by atoms with Crippen LogP contribution in [0.15, 0.2) is 49.1 Å². The third-order valence-electron chi connectivity index (χ3n) is 8.37. The molecule has 2 saturated carbocycles. The minimum atomic E-state index is -0.744. The van der Waals surface area contributed by atoms with Crippen LogP contribution in [0.2, 0.25) is 0 Å². The Labute approximate surface area is 248 Å². The number of benzene rings is 1. The van der Waals surface area contributed by atoms with Gasteiger partial charge in [-0.2, -0.15) is 5.26 Å². The lowest BCUT2D eigenvalue weighted by Gasteiger charge is -2.48. The van der Waals surface area contributed by atoms with Crippen molar-refractivity contribution in [2.24, 2.45) is 0 Å². The van der Waals surface area contributed by atoms with Crippen LogP contribution in [0, 0.1) is 29.9 Å². The van der Waals surface area contributed by atoms with Crippen LogP contribution in [0.3, 0.4) is 0 Å². The van der Waals surface area contributed by atoms with Gasteiger partial charge in [-0.1, -0.05) is 34.3 Å². The number of aryl methyl sites for hydroxylation is 1. The molecule has 1 aromatic carbocycles. The topological polar surface area (TPSA) is 65.3 Å². The zero-order chi connectivity index (χ0) is 30.6. The van der Waals surface area contributed by atoms with E-state index in [9.17, 15) is 5.26 Å². The van der Waals surface area contributed by atoms with Crippen molar-refractivity contribution >= 4 is 11.4 Å². The maximum Gasteiger partial charge on any atom is 0.191 e. The second-order valence-electron chi connectivity index (χ2n) is 10.5. The van der Waals surface area contributed by atoms with Crippen LogP contribution in [-0.2, 0) is 12.0 Å². The molecular formula is C34H41F2N5O. The van der Waals surface area contributed by atoms with Gasteiger partial charge in [0.05, 0.1) is 42.2 Å². The van der Waals surface area contributed by atoms with Gasteiger partial charge in [-0.05, 0) is 75.3 Å². The number of pyridine rings is 2. The van der Waals surface area contributed by atoms with E-state index in [0.717, 1.165) is 66.7 Å². The van der Waals surface area contributed by atoms with Crippen LogP contribution in [0.4, 0.5) is 20.2 Å². The molecule has 6 rings (SSSR count). The first-order valence-corrected chi connectivity index (χ1v) is 15.0. The van der Waals surface area contributed by atoms with E-state index in [2.05, 4.69) is 22.5 Å². The molecule has 0 radical (unpaired) electrons. The lowest BCUT2D eigenvalue weighted by molar-refractivity contribution is 0.316. The second kappa shape index (κ2) is 12.9. The second-order valence-corrected chi connectivity index (χ2v) is 10.5. The Hall–Kier alpha value is -3.99. The fourth-order valence-corrected chi connectivity index (χ4v) is 5.66. The molecule has 0 N–H and O–H groups in total. The van der Waals surface area contributed by atoms with Crippen LogP contribution in [0.5, 0.6) is 5.75 Å². The summed E-state index contributed by atoms with van der Waals surface area (Å²) in [6.45, 7) is 14.1. The third-order valence-corrected chi connectivity index (χ3v) is 8.37. The molecule has 0 unspecified atom stereocenters. The first-order chi connectivity index (χ1) is 20.4. The van der Waals surface area contributed by atoms with Gasteiger partial charge >= 0.3 is 0 Å². The molecule has 3 heterocycles. The van der Waals surface area contributed by atoms with Crippen molar-refractivity contribution in [3.8, 4) is 23.1 Å². The number of methoxy groups -OCH3 is 1. The lowest BCUT2D eigenvalue weighted by atomic mass is 9.67. The van der Waals surface area contributed by atoms with E-state index < -0.39 is 17.0 Å². The predicted molar refractivity (Wildman–Crippen MR) is 164 cm³/mol. The summed E-state index contributed by atoms with van der Waals surface area (Å²) in [5.74, 6) is -0.846. The largest absolute Gasteiger partial charge is 0.494 e. The molecule has 3 aliphatic rings. The van der Waals surface area contributed by atoms with Crippen molar-refractivity contribution in [3.05, 3.63) is 77.5 Å². The number of hydrogen-bond acceptors (Lipinski definition) is 6. The van der Waals surface area contributed by atoms with Gasteiger partial charge in [-0.15, -0.1) is 0 Å². The van der Waals surface area contributed by atoms with E-state index >= 15 is 8.78 Å². The first-order valence-electron chi connectivity index (χ1n) is 15.0. The number of ether oxygens (including phenoxy) is 1.